The van der Waals surface area contributed by atoms with Gasteiger partial charge in [-0.2, -0.15) is 16.9 Å². The SMILES string of the molecule is O=C(O)C1CSCCN1C(=O)Nc1nccnn1. The standard InChI is InChI=1S/C9H11N5O3S/c15-7(16)6-5-18-4-3-14(6)9(17)12-8-10-1-2-11-13-8/h1-2,6H,3-5H2,(H,15,16)(H,10,12,13,17). The smallest absolute Gasteiger partial charge is 0.327 e. The van der Waals surface area contributed by atoms with Crippen LogP contribution in [-0.2, 0) is 4.79 Å². The summed E-state index contributed by atoms with van der Waals surface area (Å²) in [5, 5.41) is 18.7. The minimum atomic E-state index is -1.01. The van der Waals surface area contributed by atoms with Crippen molar-refractivity contribution in [2.45, 2.75) is 6.04 Å². The van der Waals surface area contributed by atoms with Crippen LogP contribution >= 0.6 is 11.8 Å². The molecule has 96 valence electrons. The summed E-state index contributed by atoms with van der Waals surface area (Å²) in [7, 11) is 0. The van der Waals surface area contributed by atoms with Crippen LogP contribution in [0.3, 0.4) is 0 Å². The zero-order chi connectivity index (χ0) is 13.0. The molecule has 1 aromatic rings. The van der Waals surface area contributed by atoms with Crippen molar-refractivity contribution >= 4 is 29.7 Å². The quantitative estimate of drug-likeness (QED) is 0.772. The first-order valence-corrected chi connectivity index (χ1v) is 6.36. The van der Waals surface area contributed by atoms with E-state index in [1.807, 2.05) is 0 Å². The van der Waals surface area contributed by atoms with Crippen molar-refractivity contribution in [2.24, 2.45) is 0 Å². The molecule has 1 saturated heterocycles. The number of urea groups is 1. The lowest BCUT2D eigenvalue weighted by Gasteiger charge is -2.32. The zero-order valence-electron chi connectivity index (χ0n) is 9.31. The van der Waals surface area contributed by atoms with Gasteiger partial charge in [-0.25, -0.2) is 14.6 Å². The molecule has 0 radical (unpaired) electrons. The molecule has 0 spiro atoms. The second kappa shape index (κ2) is 5.63. The monoisotopic (exact) mass is 269 g/mol. The molecule has 1 atom stereocenters. The molecule has 1 fully saturated rings. The first kappa shape index (κ1) is 12.6. The molecule has 0 aromatic carbocycles. The van der Waals surface area contributed by atoms with Crippen LogP contribution in [0.2, 0.25) is 0 Å². The maximum Gasteiger partial charge on any atom is 0.327 e. The number of anilines is 1. The Morgan fingerprint density at radius 3 is 3.00 bits per heavy atom. The molecule has 1 aliphatic heterocycles. The molecule has 9 heteroatoms. The Labute approximate surface area is 107 Å². The van der Waals surface area contributed by atoms with Gasteiger partial charge in [0.05, 0.1) is 12.4 Å². The Morgan fingerprint density at radius 2 is 2.33 bits per heavy atom. The van der Waals surface area contributed by atoms with Crippen molar-refractivity contribution in [3.63, 3.8) is 0 Å². The fourth-order valence-corrected chi connectivity index (χ4v) is 2.56. The third kappa shape index (κ3) is 2.86. The van der Waals surface area contributed by atoms with Crippen molar-refractivity contribution in [3.05, 3.63) is 12.4 Å². The Balaban J connectivity index is 2.05. The van der Waals surface area contributed by atoms with Gasteiger partial charge >= 0.3 is 12.0 Å². The van der Waals surface area contributed by atoms with Crippen molar-refractivity contribution in [1.82, 2.24) is 20.1 Å². The van der Waals surface area contributed by atoms with Gasteiger partial charge in [-0.1, -0.05) is 0 Å². The summed E-state index contributed by atoms with van der Waals surface area (Å²) in [6.45, 7) is 0.383. The summed E-state index contributed by atoms with van der Waals surface area (Å²) in [4.78, 5) is 28.0. The Hall–Kier alpha value is -1.90. The number of hydrogen-bond acceptors (Lipinski definition) is 6. The number of carbonyl (C=O) groups excluding carboxylic acids is 1. The van der Waals surface area contributed by atoms with E-state index in [4.69, 9.17) is 5.11 Å². The van der Waals surface area contributed by atoms with E-state index in [9.17, 15) is 9.59 Å². The molecule has 8 nitrogen and oxygen atoms in total. The number of nitrogens with one attached hydrogen (secondary N) is 1. The number of carboxylic acid groups (broad SMARTS) is 1. The third-order valence-corrected chi connectivity index (χ3v) is 3.40. The average Bonchev–Trinajstić information content (AvgIpc) is 2.40. The fraction of sp³-hybridized carbons (Fsp3) is 0.444. The minimum Gasteiger partial charge on any atom is -0.480 e. The number of thioether (sulfide) groups is 1. The fourth-order valence-electron chi connectivity index (χ4n) is 1.52. The van der Waals surface area contributed by atoms with Gasteiger partial charge in [0.15, 0.2) is 0 Å². The van der Waals surface area contributed by atoms with Gasteiger partial charge in [-0.05, 0) is 0 Å². The van der Waals surface area contributed by atoms with Gasteiger partial charge in [0, 0.05) is 18.1 Å². The molecule has 18 heavy (non-hydrogen) atoms. The van der Waals surface area contributed by atoms with E-state index in [1.54, 1.807) is 0 Å². The summed E-state index contributed by atoms with van der Waals surface area (Å²) in [6, 6.07) is -1.34. The normalized spacial score (nSPS) is 19.3. The third-order valence-electron chi connectivity index (χ3n) is 2.38. The Bertz CT molecular complexity index is 443. The number of hydrogen-bond donors (Lipinski definition) is 2. The Kier molecular flexibility index (Phi) is 3.92. The molecule has 1 unspecified atom stereocenters. The van der Waals surface area contributed by atoms with E-state index >= 15 is 0 Å². The van der Waals surface area contributed by atoms with Gasteiger partial charge in [-0.3, -0.25) is 5.32 Å². The van der Waals surface area contributed by atoms with E-state index in [-0.39, 0.29) is 5.95 Å². The second-order valence-electron chi connectivity index (χ2n) is 3.52. The topological polar surface area (TPSA) is 108 Å². The number of aromatic nitrogens is 3. The second-order valence-corrected chi connectivity index (χ2v) is 4.67. The predicted molar refractivity (Wildman–Crippen MR) is 64.3 cm³/mol. The number of amides is 2. The van der Waals surface area contributed by atoms with Gasteiger partial charge in [0.25, 0.3) is 5.95 Å². The largest absolute Gasteiger partial charge is 0.480 e. The molecule has 1 aromatic heterocycles. The molecule has 2 heterocycles. The lowest BCUT2D eigenvalue weighted by molar-refractivity contribution is -0.141. The van der Waals surface area contributed by atoms with Crippen molar-refractivity contribution < 1.29 is 14.7 Å². The first-order chi connectivity index (χ1) is 8.68. The van der Waals surface area contributed by atoms with E-state index in [1.165, 1.54) is 29.1 Å². The van der Waals surface area contributed by atoms with Gasteiger partial charge in [0.2, 0.25) is 0 Å². The zero-order valence-corrected chi connectivity index (χ0v) is 10.1. The molecule has 2 amide bonds. The van der Waals surface area contributed by atoms with E-state index < -0.39 is 18.0 Å². The maximum absolute atomic E-state index is 11.9. The van der Waals surface area contributed by atoms with E-state index in [2.05, 4.69) is 20.5 Å². The summed E-state index contributed by atoms with van der Waals surface area (Å²) in [5.41, 5.74) is 0. The van der Waals surface area contributed by atoms with Crippen LogP contribution in [0.5, 0.6) is 0 Å². The Morgan fingerprint density at radius 1 is 1.50 bits per heavy atom. The highest BCUT2D eigenvalue weighted by Gasteiger charge is 2.32. The molecular formula is C9H11N5O3S. The maximum atomic E-state index is 11.9. The van der Waals surface area contributed by atoms with Crippen LogP contribution in [0.25, 0.3) is 0 Å². The predicted octanol–water partition coefficient (Wildman–Crippen LogP) is -0.0945. The van der Waals surface area contributed by atoms with Gasteiger partial charge < -0.3 is 10.0 Å². The first-order valence-electron chi connectivity index (χ1n) is 5.20. The van der Waals surface area contributed by atoms with Gasteiger partial charge in [0.1, 0.15) is 6.04 Å². The number of nitrogens with zero attached hydrogens (tertiary/aromatic N) is 4. The van der Waals surface area contributed by atoms with Crippen molar-refractivity contribution in [1.29, 1.82) is 0 Å². The molecule has 2 N–H and O–H groups in total. The average molecular weight is 269 g/mol. The molecule has 0 saturated carbocycles. The molecular weight excluding hydrogens is 258 g/mol. The molecule has 0 bridgehead atoms. The minimum absolute atomic E-state index is 0.0601. The van der Waals surface area contributed by atoms with Crippen LogP contribution in [-0.4, -0.2) is 61.3 Å². The molecule has 0 aliphatic carbocycles. The van der Waals surface area contributed by atoms with Crippen molar-refractivity contribution in [2.75, 3.05) is 23.4 Å². The van der Waals surface area contributed by atoms with Crippen LogP contribution in [0, 0.1) is 0 Å². The highest BCUT2D eigenvalue weighted by Crippen LogP contribution is 2.17. The highest BCUT2D eigenvalue weighted by molar-refractivity contribution is 7.99. The number of rotatable bonds is 2. The number of carboxylic acids is 1. The summed E-state index contributed by atoms with van der Waals surface area (Å²) < 4.78 is 0. The lowest BCUT2D eigenvalue weighted by atomic mass is 10.3. The van der Waals surface area contributed by atoms with E-state index in [0.29, 0.717) is 18.1 Å². The van der Waals surface area contributed by atoms with Crippen LogP contribution in [0.15, 0.2) is 12.4 Å². The van der Waals surface area contributed by atoms with Gasteiger partial charge in [-0.15, -0.1) is 5.10 Å². The highest BCUT2D eigenvalue weighted by atomic mass is 32.2. The van der Waals surface area contributed by atoms with Crippen LogP contribution in [0.1, 0.15) is 0 Å². The summed E-state index contributed by atoms with van der Waals surface area (Å²) >= 11 is 1.51. The molecule has 1 aliphatic rings. The number of aliphatic carboxylic acids is 1. The van der Waals surface area contributed by atoms with E-state index in [0.717, 1.165) is 0 Å². The van der Waals surface area contributed by atoms with Crippen LogP contribution < -0.4 is 5.32 Å². The van der Waals surface area contributed by atoms with Crippen LogP contribution in [0.4, 0.5) is 10.7 Å². The lowest BCUT2D eigenvalue weighted by Crippen LogP contribution is -2.52. The summed E-state index contributed by atoms with van der Waals surface area (Å²) in [5.74, 6) is 0.149. The number of carbonyl (C=O) groups is 2. The molecule has 2 rings (SSSR count). The van der Waals surface area contributed by atoms with Crippen molar-refractivity contribution in [3.8, 4) is 0 Å². The summed E-state index contributed by atoms with van der Waals surface area (Å²) in [6.07, 6.45) is 2.77.